The van der Waals surface area contributed by atoms with Gasteiger partial charge in [0.15, 0.2) is 4.80 Å². The fourth-order valence-electron chi connectivity index (χ4n) is 3.08. The highest BCUT2D eigenvalue weighted by atomic mass is 35.5. The minimum atomic E-state index is -3.43. The Morgan fingerprint density at radius 3 is 2.92 bits per heavy atom. The van der Waals surface area contributed by atoms with Crippen molar-refractivity contribution in [3.05, 3.63) is 28.0 Å². The summed E-state index contributed by atoms with van der Waals surface area (Å²) >= 11 is 7.42. The van der Waals surface area contributed by atoms with Crippen molar-refractivity contribution in [2.75, 3.05) is 26.5 Å². The van der Waals surface area contributed by atoms with Gasteiger partial charge in [-0.2, -0.15) is 9.30 Å². The van der Waals surface area contributed by atoms with Crippen molar-refractivity contribution in [1.82, 2.24) is 8.87 Å². The molecule has 2 aromatic rings. The number of aromatic nitrogens is 1. The second-order valence-corrected chi connectivity index (χ2v) is 9.50. The molecule has 26 heavy (non-hydrogen) atoms. The third-order valence-electron chi connectivity index (χ3n) is 4.28. The first-order valence-electron chi connectivity index (χ1n) is 8.14. The second-order valence-electron chi connectivity index (χ2n) is 6.12. The molecule has 1 amide bonds. The van der Waals surface area contributed by atoms with Crippen molar-refractivity contribution in [2.24, 2.45) is 4.99 Å². The number of nitrogens with zero attached hydrogens (tertiary/aromatic N) is 3. The molecule has 10 heteroatoms. The van der Waals surface area contributed by atoms with E-state index >= 15 is 0 Å². The Morgan fingerprint density at radius 1 is 1.46 bits per heavy atom. The first kappa shape index (κ1) is 19.5. The van der Waals surface area contributed by atoms with Crippen LogP contribution in [0.5, 0.6) is 0 Å². The smallest absolute Gasteiger partial charge is 0.266 e. The van der Waals surface area contributed by atoms with Crippen LogP contribution in [0.2, 0.25) is 5.02 Å². The standard InChI is InChI=1S/C16H20ClN3O4S2/c1-24-9-8-19-12-6-5-11(17)10-14(12)25-16(19)18-15(21)13-4-3-7-20(13)26(2,22)23/h5-6,10,13H,3-4,7-9H2,1-2H3. The van der Waals surface area contributed by atoms with Gasteiger partial charge in [0.2, 0.25) is 10.0 Å². The predicted molar refractivity (Wildman–Crippen MR) is 102 cm³/mol. The van der Waals surface area contributed by atoms with E-state index in [0.29, 0.717) is 42.4 Å². The molecule has 1 fully saturated rings. The fourth-order valence-corrected chi connectivity index (χ4v) is 5.54. The lowest BCUT2D eigenvalue weighted by atomic mass is 10.2. The molecule has 1 saturated heterocycles. The molecular formula is C16H20ClN3O4S2. The van der Waals surface area contributed by atoms with Crippen molar-refractivity contribution in [3.63, 3.8) is 0 Å². The number of carbonyl (C=O) groups excluding carboxylic acids is 1. The third-order valence-corrected chi connectivity index (χ3v) is 6.85. The zero-order valence-corrected chi connectivity index (χ0v) is 16.9. The van der Waals surface area contributed by atoms with Crippen molar-refractivity contribution in [1.29, 1.82) is 0 Å². The molecule has 2 heterocycles. The number of benzene rings is 1. The zero-order valence-electron chi connectivity index (χ0n) is 14.5. The molecule has 0 N–H and O–H groups in total. The van der Waals surface area contributed by atoms with Crippen LogP contribution in [0.1, 0.15) is 12.8 Å². The summed E-state index contributed by atoms with van der Waals surface area (Å²) in [6.45, 7) is 1.36. The van der Waals surface area contributed by atoms with Gasteiger partial charge in [0, 0.05) is 25.2 Å². The molecule has 1 atom stereocenters. The first-order chi connectivity index (χ1) is 12.3. The van der Waals surface area contributed by atoms with Crippen LogP contribution in [-0.4, -0.2) is 55.8 Å². The highest BCUT2D eigenvalue weighted by Gasteiger charge is 2.36. The number of hydrogen-bond donors (Lipinski definition) is 0. The van der Waals surface area contributed by atoms with Crippen LogP contribution < -0.4 is 4.80 Å². The van der Waals surface area contributed by atoms with Crippen molar-refractivity contribution in [2.45, 2.75) is 25.4 Å². The fraction of sp³-hybridized carbons (Fsp3) is 0.500. The number of hydrogen-bond acceptors (Lipinski definition) is 5. The monoisotopic (exact) mass is 417 g/mol. The summed E-state index contributed by atoms with van der Waals surface area (Å²) in [7, 11) is -1.82. The summed E-state index contributed by atoms with van der Waals surface area (Å²) in [5.74, 6) is -0.434. The SMILES string of the molecule is COCCn1c(=NC(=O)C2CCCN2S(C)(=O)=O)sc2cc(Cl)ccc21. The molecule has 1 aliphatic rings. The molecule has 142 valence electrons. The summed E-state index contributed by atoms with van der Waals surface area (Å²) in [4.78, 5) is 17.5. The maximum Gasteiger partial charge on any atom is 0.266 e. The molecule has 0 saturated carbocycles. The van der Waals surface area contributed by atoms with Gasteiger partial charge in [-0.15, -0.1) is 0 Å². The van der Waals surface area contributed by atoms with Gasteiger partial charge < -0.3 is 9.30 Å². The number of methoxy groups -OCH3 is 1. The van der Waals surface area contributed by atoms with E-state index in [1.807, 2.05) is 16.7 Å². The Bertz CT molecular complexity index is 997. The maximum absolute atomic E-state index is 12.7. The van der Waals surface area contributed by atoms with E-state index in [2.05, 4.69) is 4.99 Å². The minimum absolute atomic E-state index is 0.358. The van der Waals surface area contributed by atoms with Crippen molar-refractivity contribution < 1.29 is 17.9 Å². The molecule has 1 aromatic heterocycles. The average Bonchev–Trinajstić information content (AvgIpc) is 3.17. The minimum Gasteiger partial charge on any atom is -0.383 e. The number of amides is 1. The summed E-state index contributed by atoms with van der Waals surface area (Å²) in [5.41, 5.74) is 0.911. The highest BCUT2D eigenvalue weighted by molar-refractivity contribution is 7.88. The van der Waals surface area contributed by atoms with Crippen LogP contribution in [0.3, 0.4) is 0 Å². The van der Waals surface area contributed by atoms with Crippen LogP contribution in [0.4, 0.5) is 0 Å². The van der Waals surface area contributed by atoms with Gasteiger partial charge in [-0.05, 0) is 31.0 Å². The van der Waals surface area contributed by atoms with Gasteiger partial charge in [0.25, 0.3) is 5.91 Å². The molecule has 0 bridgehead atoms. The van der Waals surface area contributed by atoms with E-state index in [9.17, 15) is 13.2 Å². The summed E-state index contributed by atoms with van der Waals surface area (Å²) < 4.78 is 33.0. The number of fused-ring (bicyclic) bond motifs is 1. The molecule has 7 nitrogen and oxygen atoms in total. The maximum atomic E-state index is 12.7. The lowest BCUT2D eigenvalue weighted by Gasteiger charge is -2.18. The first-order valence-corrected chi connectivity index (χ1v) is 11.2. The van der Waals surface area contributed by atoms with Crippen LogP contribution in [0, 0.1) is 0 Å². The van der Waals surface area contributed by atoms with Gasteiger partial charge >= 0.3 is 0 Å². The van der Waals surface area contributed by atoms with Gasteiger partial charge in [0.05, 0.1) is 23.1 Å². The topological polar surface area (TPSA) is 81.0 Å². The van der Waals surface area contributed by atoms with E-state index in [-0.39, 0.29) is 0 Å². The normalized spacial score (nSPS) is 19.5. The Hall–Kier alpha value is -1.26. The Kier molecular flexibility index (Phi) is 5.83. The number of sulfonamides is 1. The molecule has 1 aromatic carbocycles. The van der Waals surface area contributed by atoms with Crippen molar-refractivity contribution >= 4 is 49.1 Å². The largest absolute Gasteiger partial charge is 0.383 e. The van der Waals surface area contributed by atoms with E-state index in [4.69, 9.17) is 16.3 Å². The van der Waals surface area contributed by atoms with Gasteiger partial charge in [-0.1, -0.05) is 22.9 Å². The lowest BCUT2D eigenvalue weighted by Crippen LogP contribution is -2.40. The van der Waals surface area contributed by atoms with Gasteiger partial charge in [-0.3, -0.25) is 4.79 Å². The highest BCUT2D eigenvalue weighted by Crippen LogP contribution is 2.23. The van der Waals surface area contributed by atoms with Gasteiger partial charge in [0.1, 0.15) is 6.04 Å². The lowest BCUT2D eigenvalue weighted by molar-refractivity contribution is -0.121. The van der Waals surface area contributed by atoms with E-state index in [0.717, 1.165) is 16.5 Å². The zero-order chi connectivity index (χ0) is 18.9. The third kappa shape index (κ3) is 4.01. The Balaban J connectivity index is 2.04. The number of thiazole rings is 1. The molecule has 1 unspecified atom stereocenters. The van der Waals surface area contributed by atoms with Crippen LogP contribution >= 0.6 is 22.9 Å². The molecule has 0 radical (unpaired) electrons. The number of rotatable bonds is 5. The van der Waals surface area contributed by atoms with Gasteiger partial charge in [-0.25, -0.2) is 8.42 Å². The van der Waals surface area contributed by atoms with E-state index < -0.39 is 22.0 Å². The summed E-state index contributed by atoms with van der Waals surface area (Å²) in [5, 5.41) is 0.606. The molecule has 0 spiro atoms. The molecule has 3 rings (SSSR count). The van der Waals surface area contributed by atoms with Crippen LogP contribution in [-0.2, 0) is 26.1 Å². The summed E-state index contributed by atoms with van der Waals surface area (Å²) in [6.07, 6.45) is 2.27. The molecular weight excluding hydrogens is 398 g/mol. The van der Waals surface area contributed by atoms with Crippen LogP contribution in [0.25, 0.3) is 10.2 Å². The van der Waals surface area contributed by atoms with Crippen molar-refractivity contribution in [3.8, 4) is 0 Å². The number of halogens is 1. The number of ether oxygens (including phenoxy) is 1. The quantitative estimate of drug-likeness (QED) is 0.743. The molecule has 1 aliphatic heterocycles. The van der Waals surface area contributed by atoms with E-state index in [1.54, 1.807) is 13.2 Å². The summed E-state index contributed by atoms with van der Waals surface area (Å²) in [6, 6.07) is 4.77. The number of carbonyl (C=O) groups is 1. The van der Waals surface area contributed by atoms with E-state index in [1.165, 1.54) is 15.6 Å². The Morgan fingerprint density at radius 2 is 2.23 bits per heavy atom. The van der Waals surface area contributed by atoms with Crippen LogP contribution in [0.15, 0.2) is 23.2 Å². The molecule has 0 aliphatic carbocycles. The average molecular weight is 418 g/mol. The predicted octanol–water partition coefficient (Wildman–Crippen LogP) is 1.85. The second kappa shape index (κ2) is 7.77. The Labute approximate surface area is 160 Å².